The predicted molar refractivity (Wildman–Crippen MR) is 102 cm³/mol. The van der Waals surface area contributed by atoms with E-state index in [2.05, 4.69) is 41.8 Å². The lowest BCUT2D eigenvalue weighted by Crippen LogP contribution is -2.25. The van der Waals surface area contributed by atoms with Crippen molar-refractivity contribution in [1.82, 2.24) is 14.9 Å². The number of nitrogens with one attached hydrogen (secondary N) is 1. The van der Waals surface area contributed by atoms with Crippen LogP contribution in [0.1, 0.15) is 29.7 Å². The van der Waals surface area contributed by atoms with Crippen LogP contribution < -0.4 is 5.32 Å². The Morgan fingerprint density at radius 3 is 2.56 bits per heavy atom. The van der Waals surface area contributed by atoms with Gasteiger partial charge in [0.15, 0.2) is 0 Å². The number of benzene rings is 1. The molecule has 1 aromatic carbocycles. The Hall–Kier alpha value is -2.88. The van der Waals surface area contributed by atoms with E-state index in [1.807, 2.05) is 30.4 Å². The van der Waals surface area contributed by atoms with Crippen molar-refractivity contribution < 1.29 is 4.79 Å². The summed E-state index contributed by atoms with van der Waals surface area (Å²) in [6, 6.07) is 10.2. The monoisotopic (exact) mass is 335 g/mol. The molecule has 0 fully saturated rings. The Bertz CT molecular complexity index is 772. The van der Waals surface area contributed by atoms with E-state index in [0.29, 0.717) is 18.7 Å². The minimum Gasteiger partial charge on any atom is -0.345 e. The van der Waals surface area contributed by atoms with E-state index in [-0.39, 0.29) is 5.91 Å². The molecule has 0 radical (unpaired) electrons. The van der Waals surface area contributed by atoms with Crippen LogP contribution in [0.5, 0.6) is 0 Å². The van der Waals surface area contributed by atoms with E-state index in [0.717, 1.165) is 30.1 Å². The summed E-state index contributed by atoms with van der Waals surface area (Å²) in [5.74, 6) is 0.653. The molecule has 0 atom stereocenters. The highest BCUT2D eigenvalue weighted by Gasteiger charge is 2.16. The molecule has 0 spiro atoms. The average molecular weight is 335 g/mol. The van der Waals surface area contributed by atoms with Crippen LogP contribution in [0.4, 0.5) is 0 Å². The molecule has 0 aliphatic heterocycles. The van der Waals surface area contributed by atoms with Crippen LogP contribution >= 0.6 is 0 Å². The van der Waals surface area contributed by atoms with Gasteiger partial charge in [0, 0.05) is 30.7 Å². The molecule has 1 aromatic heterocycles. The molecule has 0 aliphatic carbocycles. The molecule has 0 aliphatic rings. The fraction of sp³-hybridized carbons (Fsp3) is 0.238. The third-order valence-electron chi connectivity index (χ3n) is 3.89. The maximum atomic E-state index is 11.8. The van der Waals surface area contributed by atoms with Crippen molar-refractivity contribution in [2.24, 2.45) is 0 Å². The molecule has 4 heteroatoms. The lowest BCUT2D eigenvalue weighted by atomic mass is 10.1. The SMILES string of the molecule is C=CCc1c(Cc2ccccc2)nc(CNC(=O)C(=C)C)n1CC=C. The molecule has 1 amide bonds. The molecular formula is C21H25N3O. The molecule has 0 unspecified atom stereocenters. The first-order valence-electron chi connectivity index (χ1n) is 8.33. The van der Waals surface area contributed by atoms with Crippen LogP contribution in [-0.4, -0.2) is 15.5 Å². The maximum Gasteiger partial charge on any atom is 0.246 e. The highest BCUT2D eigenvalue weighted by atomic mass is 16.1. The van der Waals surface area contributed by atoms with E-state index < -0.39 is 0 Å². The largest absolute Gasteiger partial charge is 0.345 e. The smallest absolute Gasteiger partial charge is 0.246 e. The van der Waals surface area contributed by atoms with Gasteiger partial charge in [0.1, 0.15) is 5.82 Å². The highest BCUT2D eigenvalue weighted by Crippen LogP contribution is 2.18. The maximum absolute atomic E-state index is 11.8. The van der Waals surface area contributed by atoms with Gasteiger partial charge in [0.2, 0.25) is 5.91 Å². The minimum atomic E-state index is -0.164. The highest BCUT2D eigenvalue weighted by molar-refractivity contribution is 5.91. The number of rotatable bonds is 9. The summed E-state index contributed by atoms with van der Waals surface area (Å²) in [6.07, 6.45) is 5.18. The molecular weight excluding hydrogens is 310 g/mol. The number of nitrogens with zero attached hydrogens (tertiary/aromatic N) is 2. The van der Waals surface area contributed by atoms with Crippen LogP contribution in [0.25, 0.3) is 0 Å². The first-order valence-corrected chi connectivity index (χ1v) is 8.33. The standard InChI is InChI=1S/C21H25N3O/c1-5-10-19-18(14-17-11-8-7-9-12-17)23-20(24(19)13-6-2)15-22-21(25)16(3)4/h5-9,11-12H,1-3,10,13-15H2,4H3,(H,22,25). The van der Waals surface area contributed by atoms with Gasteiger partial charge in [-0.1, -0.05) is 49.1 Å². The van der Waals surface area contributed by atoms with Gasteiger partial charge >= 0.3 is 0 Å². The third-order valence-corrected chi connectivity index (χ3v) is 3.89. The molecule has 0 saturated heterocycles. The van der Waals surface area contributed by atoms with Crippen LogP contribution in [-0.2, 0) is 30.7 Å². The molecule has 2 rings (SSSR count). The molecule has 130 valence electrons. The van der Waals surface area contributed by atoms with Crippen molar-refractivity contribution in [2.45, 2.75) is 32.9 Å². The molecule has 0 bridgehead atoms. The summed E-state index contributed by atoms with van der Waals surface area (Å²) in [4.78, 5) is 16.6. The lowest BCUT2D eigenvalue weighted by Gasteiger charge is -2.10. The van der Waals surface area contributed by atoms with Crippen LogP contribution in [0.15, 0.2) is 67.8 Å². The molecule has 0 saturated carbocycles. The Morgan fingerprint density at radius 1 is 1.24 bits per heavy atom. The zero-order valence-corrected chi connectivity index (χ0v) is 14.8. The van der Waals surface area contributed by atoms with Crippen molar-refractivity contribution in [3.63, 3.8) is 0 Å². The van der Waals surface area contributed by atoms with E-state index in [1.165, 1.54) is 5.56 Å². The second-order valence-electron chi connectivity index (χ2n) is 5.94. The van der Waals surface area contributed by atoms with Gasteiger partial charge < -0.3 is 9.88 Å². The quantitative estimate of drug-likeness (QED) is 0.562. The molecule has 4 nitrogen and oxygen atoms in total. The molecule has 1 heterocycles. The topological polar surface area (TPSA) is 46.9 Å². The Kier molecular flexibility index (Phi) is 6.52. The predicted octanol–water partition coefficient (Wildman–Crippen LogP) is 3.58. The zero-order valence-electron chi connectivity index (χ0n) is 14.8. The number of amides is 1. The van der Waals surface area contributed by atoms with Crippen molar-refractivity contribution in [1.29, 1.82) is 0 Å². The van der Waals surface area contributed by atoms with Gasteiger partial charge in [-0.2, -0.15) is 0 Å². The van der Waals surface area contributed by atoms with E-state index in [1.54, 1.807) is 6.92 Å². The van der Waals surface area contributed by atoms with Crippen molar-refractivity contribution in [3.05, 3.63) is 90.6 Å². The fourth-order valence-electron chi connectivity index (χ4n) is 2.68. The number of allylic oxidation sites excluding steroid dienone is 2. The Balaban J connectivity index is 2.35. The number of carbonyl (C=O) groups is 1. The fourth-order valence-corrected chi connectivity index (χ4v) is 2.68. The molecule has 2 aromatic rings. The zero-order chi connectivity index (χ0) is 18.2. The van der Waals surface area contributed by atoms with Crippen molar-refractivity contribution in [2.75, 3.05) is 0 Å². The van der Waals surface area contributed by atoms with Gasteiger partial charge in [-0.3, -0.25) is 4.79 Å². The molecule has 25 heavy (non-hydrogen) atoms. The van der Waals surface area contributed by atoms with Gasteiger partial charge in [-0.05, 0) is 12.5 Å². The van der Waals surface area contributed by atoms with Crippen LogP contribution in [0.3, 0.4) is 0 Å². The molecule has 1 N–H and O–H groups in total. The second kappa shape index (κ2) is 8.83. The van der Waals surface area contributed by atoms with Gasteiger partial charge in [0.05, 0.1) is 12.2 Å². The summed E-state index contributed by atoms with van der Waals surface area (Å²) in [5.41, 5.74) is 3.80. The van der Waals surface area contributed by atoms with Gasteiger partial charge in [-0.25, -0.2) is 4.98 Å². The van der Waals surface area contributed by atoms with Gasteiger partial charge in [-0.15, -0.1) is 13.2 Å². The summed E-state index contributed by atoms with van der Waals surface area (Å²) in [7, 11) is 0. The third kappa shape index (κ3) is 4.80. The van der Waals surface area contributed by atoms with E-state index in [9.17, 15) is 4.79 Å². The van der Waals surface area contributed by atoms with Crippen LogP contribution in [0, 0.1) is 0 Å². The Labute approximate surface area is 149 Å². The number of aromatic nitrogens is 2. The first kappa shape index (κ1) is 18.5. The lowest BCUT2D eigenvalue weighted by molar-refractivity contribution is -0.117. The van der Waals surface area contributed by atoms with E-state index >= 15 is 0 Å². The Morgan fingerprint density at radius 2 is 1.96 bits per heavy atom. The van der Waals surface area contributed by atoms with Gasteiger partial charge in [0.25, 0.3) is 0 Å². The number of carbonyl (C=O) groups excluding carboxylic acids is 1. The second-order valence-corrected chi connectivity index (χ2v) is 5.94. The number of hydrogen-bond donors (Lipinski definition) is 1. The minimum absolute atomic E-state index is 0.164. The van der Waals surface area contributed by atoms with Crippen LogP contribution in [0.2, 0.25) is 0 Å². The summed E-state index contributed by atoms with van der Waals surface area (Å²) in [5, 5.41) is 2.86. The summed E-state index contributed by atoms with van der Waals surface area (Å²) in [6.45, 7) is 14.1. The summed E-state index contributed by atoms with van der Waals surface area (Å²) < 4.78 is 2.10. The number of imidazole rings is 1. The number of hydrogen-bond acceptors (Lipinski definition) is 2. The van der Waals surface area contributed by atoms with Crippen molar-refractivity contribution >= 4 is 5.91 Å². The van der Waals surface area contributed by atoms with E-state index in [4.69, 9.17) is 4.98 Å². The van der Waals surface area contributed by atoms with Crippen molar-refractivity contribution in [3.8, 4) is 0 Å². The average Bonchev–Trinajstić information content (AvgIpc) is 2.91. The normalized spacial score (nSPS) is 10.3. The first-order chi connectivity index (χ1) is 12.1. The summed E-state index contributed by atoms with van der Waals surface area (Å²) >= 11 is 0.